The van der Waals surface area contributed by atoms with Crippen molar-refractivity contribution in [1.29, 1.82) is 0 Å². The van der Waals surface area contributed by atoms with Crippen molar-refractivity contribution in [3.05, 3.63) is 59.2 Å². The van der Waals surface area contributed by atoms with E-state index in [1.165, 1.54) is 7.11 Å². The molecule has 132 valence electrons. The fourth-order valence-electron chi connectivity index (χ4n) is 2.46. The van der Waals surface area contributed by atoms with Crippen molar-refractivity contribution in [3.8, 4) is 5.75 Å². The van der Waals surface area contributed by atoms with Gasteiger partial charge in [-0.25, -0.2) is 4.79 Å². The molecule has 0 aromatic heterocycles. The quantitative estimate of drug-likeness (QED) is 0.809. The number of nitrogens with one attached hydrogen (secondary N) is 1. The fraction of sp³-hybridized carbons (Fsp3) is 0.300. The maximum atomic E-state index is 12.1. The zero-order chi connectivity index (χ0) is 18.4. The van der Waals surface area contributed by atoms with E-state index in [0.29, 0.717) is 11.3 Å². The Hall–Kier alpha value is -2.82. The average molecular weight is 341 g/mol. The number of amides is 1. The number of methoxy groups -OCH3 is 1. The number of hydrogen-bond acceptors (Lipinski definition) is 4. The Morgan fingerprint density at radius 3 is 2.52 bits per heavy atom. The van der Waals surface area contributed by atoms with Crippen LogP contribution >= 0.6 is 0 Å². The number of hydrogen-bond donors (Lipinski definition) is 1. The summed E-state index contributed by atoms with van der Waals surface area (Å²) in [5.41, 5.74) is 3.03. The molecule has 0 aliphatic carbocycles. The van der Waals surface area contributed by atoms with E-state index in [1.54, 1.807) is 18.2 Å². The topological polar surface area (TPSA) is 64.6 Å². The fourth-order valence-corrected chi connectivity index (χ4v) is 2.46. The van der Waals surface area contributed by atoms with Crippen LogP contribution in [-0.2, 0) is 9.53 Å². The zero-order valence-corrected chi connectivity index (χ0v) is 15.0. The van der Waals surface area contributed by atoms with Gasteiger partial charge in [-0.15, -0.1) is 0 Å². The van der Waals surface area contributed by atoms with Gasteiger partial charge in [-0.2, -0.15) is 0 Å². The van der Waals surface area contributed by atoms with Crippen LogP contribution < -0.4 is 10.1 Å². The van der Waals surface area contributed by atoms with Crippen molar-refractivity contribution in [2.24, 2.45) is 0 Å². The molecule has 0 saturated carbocycles. The Morgan fingerprint density at radius 2 is 1.84 bits per heavy atom. The van der Waals surface area contributed by atoms with E-state index in [0.717, 1.165) is 16.8 Å². The Balaban J connectivity index is 1.97. The monoisotopic (exact) mass is 341 g/mol. The van der Waals surface area contributed by atoms with Crippen LogP contribution in [0.2, 0.25) is 0 Å². The molecule has 5 nitrogen and oxygen atoms in total. The van der Waals surface area contributed by atoms with Gasteiger partial charge in [0, 0.05) is 5.69 Å². The normalized spacial score (nSPS) is 10.4. The predicted molar refractivity (Wildman–Crippen MR) is 97.2 cm³/mol. The summed E-state index contributed by atoms with van der Waals surface area (Å²) in [5, 5.41) is 2.79. The highest BCUT2D eigenvalue weighted by Gasteiger charge is 2.14. The molecule has 1 amide bonds. The largest absolute Gasteiger partial charge is 0.496 e. The van der Waals surface area contributed by atoms with Gasteiger partial charge in [-0.05, 0) is 42.2 Å². The van der Waals surface area contributed by atoms with Crippen molar-refractivity contribution in [3.63, 3.8) is 0 Å². The number of para-hydroxylation sites is 1. The number of benzene rings is 2. The van der Waals surface area contributed by atoms with Gasteiger partial charge in [0.25, 0.3) is 5.91 Å². The molecule has 0 bridgehead atoms. The van der Waals surface area contributed by atoms with E-state index in [2.05, 4.69) is 19.2 Å². The molecule has 2 aromatic rings. The van der Waals surface area contributed by atoms with Gasteiger partial charge in [-0.3, -0.25) is 4.79 Å². The van der Waals surface area contributed by atoms with Crippen molar-refractivity contribution >= 4 is 17.6 Å². The molecule has 0 saturated heterocycles. The Morgan fingerprint density at radius 1 is 1.12 bits per heavy atom. The third kappa shape index (κ3) is 4.83. The van der Waals surface area contributed by atoms with Crippen molar-refractivity contribution < 1.29 is 19.1 Å². The van der Waals surface area contributed by atoms with Crippen LogP contribution in [0.3, 0.4) is 0 Å². The maximum absolute atomic E-state index is 12.1. The first-order valence-electron chi connectivity index (χ1n) is 8.13. The first-order valence-corrected chi connectivity index (χ1v) is 8.13. The third-order valence-electron chi connectivity index (χ3n) is 3.84. The number of carbonyl (C=O) groups excluding carboxylic acids is 2. The highest BCUT2D eigenvalue weighted by molar-refractivity contribution is 5.96. The molecule has 0 aliphatic heterocycles. The summed E-state index contributed by atoms with van der Waals surface area (Å²) in [6, 6.07) is 12.6. The van der Waals surface area contributed by atoms with Crippen molar-refractivity contribution in [2.75, 3.05) is 19.0 Å². The number of carbonyl (C=O) groups is 2. The Kier molecular flexibility index (Phi) is 6.17. The van der Waals surface area contributed by atoms with Crippen LogP contribution in [0.25, 0.3) is 0 Å². The van der Waals surface area contributed by atoms with Gasteiger partial charge in [0.05, 0.1) is 12.7 Å². The molecule has 0 fully saturated rings. The number of ether oxygens (including phenoxy) is 2. The second kappa shape index (κ2) is 8.33. The van der Waals surface area contributed by atoms with E-state index in [9.17, 15) is 9.59 Å². The predicted octanol–water partition coefficient (Wildman–Crippen LogP) is 3.92. The van der Waals surface area contributed by atoms with Crippen molar-refractivity contribution in [1.82, 2.24) is 0 Å². The van der Waals surface area contributed by atoms with Crippen LogP contribution in [0.5, 0.6) is 5.75 Å². The van der Waals surface area contributed by atoms with E-state index >= 15 is 0 Å². The Bertz CT molecular complexity index is 768. The molecule has 2 aromatic carbocycles. The molecule has 0 aliphatic rings. The summed E-state index contributed by atoms with van der Waals surface area (Å²) in [6.45, 7) is 5.64. The SMILES string of the molecule is COc1cc(C(=O)OCC(=O)Nc2ccccc2C(C)C)ccc1C. The summed E-state index contributed by atoms with van der Waals surface area (Å²) in [6.07, 6.45) is 0. The van der Waals surface area contributed by atoms with Gasteiger partial charge in [0.1, 0.15) is 5.75 Å². The van der Waals surface area contributed by atoms with E-state index < -0.39 is 5.97 Å². The van der Waals surface area contributed by atoms with Gasteiger partial charge in [0.2, 0.25) is 0 Å². The summed E-state index contributed by atoms with van der Waals surface area (Å²) in [5.74, 6) is -0.0602. The Labute approximate surface area is 148 Å². The molecular formula is C20H23NO4. The second-order valence-electron chi connectivity index (χ2n) is 6.05. The average Bonchev–Trinajstić information content (AvgIpc) is 2.60. The minimum absolute atomic E-state index is 0.277. The molecule has 25 heavy (non-hydrogen) atoms. The smallest absolute Gasteiger partial charge is 0.338 e. The lowest BCUT2D eigenvalue weighted by atomic mass is 10.0. The summed E-state index contributed by atoms with van der Waals surface area (Å²) >= 11 is 0. The molecular weight excluding hydrogens is 318 g/mol. The van der Waals surface area contributed by atoms with Gasteiger partial charge in [-0.1, -0.05) is 38.1 Å². The van der Waals surface area contributed by atoms with Crippen LogP contribution in [0.4, 0.5) is 5.69 Å². The molecule has 0 radical (unpaired) electrons. The number of esters is 1. The van der Waals surface area contributed by atoms with E-state index in [-0.39, 0.29) is 18.4 Å². The van der Waals surface area contributed by atoms with Crippen LogP contribution in [0.1, 0.15) is 41.3 Å². The highest BCUT2D eigenvalue weighted by atomic mass is 16.5. The molecule has 0 atom stereocenters. The van der Waals surface area contributed by atoms with Crippen LogP contribution in [-0.4, -0.2) is 25.6 Å². The maximum Gasteiger partial charge on any atom is 0.338 e. The molecule has 0 heterocycles. The first kappa shape index (κ1) is 18.5. The molecule has 2 rings (SSSR count). The lowest BCUT2D eigenvalue weighted by Gasteiger charge is -2.13. The zero-order valence-electron chi connectivity index (χ0n) is 15.0. The molecule has 0 spiro atoms. The van der Waals surface area contributed by atoms with Gasteiger partial charge < -0.3 is 14.8 Å². The lowest BCUT2D eigenvalue weighted by Crippen LogP contribution is -2.21. The van der Waals surface area contributed by atoms with Gasteiger partial charge in [0.15, 0.2) is 6.61 Å². The lowest BCUT2D eigenvalue weighted by molar-refractivity contribution is -0.119. The number of aryl methyl sites for hydroxylation is 1. The van der Waals surface area contributed by atoms with E-state index in [1.807, 2.05) is 31.2 Å². The van der Waals surface area contributed by atoms with E-state index in [4.69, 9.17) is 9.47 Å². The first-order chi connectivity index (χ1) is 11.9. The summed E-state index contributed by atoms with van der Waals surface area (Å²) in [7, 11) is 1.54. The molecule has 1 N–H and O–H groups in total. The minimum Gasteiger partial charge on any atom is -0.496 e. The van der Waals surface area contributed by atoms with Crippen molar-refractivity contribution in [2.45, 2.75) is 26.7 Å². The summed E-state index contributed by atoms with van der Waals surface area (Å²) in [4.78, 5) is 24.2. The number of anilines is 1. The standard InChI is InChI=1S/C20H23NO4/c1-13(2)16-7-5-6-8-17(16)21-19(22)12-25-20(23)15-10-9-14(3)18(11-15)24-4/h5-11,13H,12H2,1-4H3,(H,21,22). The van der Waals surface area contributed by atoms with Gasteiger partial charge >= 0.3 is 5.97 Å². The van der Waals surface area contributed by atoms with Crippen LogP contribution in [0, 0.1) is 6.92 Å². The van der Waals surface area contributed by atoms with Crippen LogP contribution in [0.15, 0.2) is 42.5 Å². The third-order valence-corrected chi connectivity index (χ3v) is 3.84. The highest BCUT2D eigenvalue weighted by Crippen LogP contribution is 2.23. The minimum atomic E-state index is -0.564. The number of rotatable bonds is 6. The molecule has 5 heteroatoms. The molecule has 0 unspecified atom stereocenters. The summed E-state index contributed by atoms with van der Waals surface area (Å²) < 4.78 is 10.3. The second-order valence-corrected chi connectivity index (χ2v) is 6.05.